The fourth-order valence-corrected chi connectivity index (χ4v) is 4.30. The van der Waals surface area contributed by atoms with Gasteiger partial charge in [0.05, 0.1) is 22.9 Å². The molecule has 0 radical (unpaired) electrons. The van der Waals surface area contributed by atoms with Gasteiger partial charge in [-0.25, -0.2) is 9.97 Å². The number of amides is 1. The van der Waals surface area contributed by atoms with Crippen LogP contribution in [0, 0.1) is 0 Å². The lowest BCUT2D eigenvalue weighted by molar-refractivity contribution is -0.121. The van der Waals surface area contributed by atoms with Crippen molar-refractivity contribution >= 4 is 40.3 Å². The van der Waals surface area contributed by atoms with Gasteiger partial charge in [-0.15, -0.1) is 0 Å². The number of imidazole rings is 1. The van der Waals surface area contributed by atoms with Gasteiger partial charge in [-0.3, -0.25) is 14.2 Å². The lowest BCUT2D eigenvalue weighted by Gasteiger charge is -2.15. The highest BCUT2D eigenvalue weighted by Crippen LogP contribution is 2.21. The van der Waals surface area contributed by atoms with Crippen LogP contribution in [0.5, 0.6) is 0 Å². The maximum atomic E-state index is 13.4. The van der Waals surface area contributed by atoms with Crippen LogP contribution < -0.4 is 21.9 Å². The number of hydrogen-bond donors (Lipinski definition) is 4. The Balaban J connectivity index is 1.34. The molecule has 2 heterocycles. The highest BCUT2D eigenvalue weighted by molar-refractivity contribution is 6.30. The van der Waals surface area contributed by atoms with Crippen LogP contribution >= 0.6 is 11.6 Å². The fourth-order valence-electron chi connectivity index (χ4n) is 4.17. The number of hydrogen-bond acceptors (Lipinski definition) is 6. The number of nitrogen functional groups attached to an aromatic ring is 1. The third-order valence-electron chi connectivity index (χ3n) is 6.10. The predicted molar refractivity (Wildman–Crippen MR) is 150 cm³/mol. The smallest absolute Gasteiger partial charge is 0.294 e. The summed E-state index contributed by atoms with van der Waals surface area (Å²) in [5.41, 5.74) is 10.1. The zero-order valence-corrected chi connectivity index (χ0v) is 21.2. The number of halogens is 1. The highest BCUT2D eigenvalue weighted by Gasteiger charge is 2.15. The van der Waals surface area contributed by atoms with Crippen LogP contribution in [0.25, 0.3) is 22.3 Å². The van der Waals surface area contributed by atoms with E-state index < -0.39 is 0 Å². The summed E-state index contributed by atoms with van der Waals surface area (Å²) in [4.78, 5) is 38.0. The van der Waals surface area contributed by atoms with E-state index in [4.69, 9.17) is 17.3 Å². The first-order valence-electron chi connectivity index (χ1n) is 12.1. The van der Waals surface area contributed by atoms with Crippen molar-refractivity contribution in [3.63, 3.8) is 0 Å². The van der Waals surface area contributed by atoms with Gasteiger partial charge in [0, 0.05) is 18.1 Å². The Morgan fingerprint density at radius 3 is 2.61 bits per heavy atom. The van der Waals surface area contributed by atoms with Crippen LogP contribution in [0.15, 0.2) is 83.8 Å². The molecule has 1 amide bonds. The fraction of sp³-hybridized carbons (Fsp3) is 0.143. The Hall–Kier alpha value is -4.63. The lowest BCUT2D eigenvalue weighted by atomic mass is 10.1. The minimum Gasteiger partial charge on any atom is -0.369 e. The van der Waals surface area contributed by atoms with E-state index in [2.05, 4.69) is 25.6 Å². The summed E-state index contributed by atoms with van der Waals surface area (Å²) in [6, 6.07) is 22.6. The van der Waals surface area contributed by atoms with Crippen LogP contribution in [0.1, 0.15) is 11.1 Å². The molecule has 0 unspecified atom stereocenters. The Bertz CT molecular complexity index is 1630. The first-order chi connectivity index (χ1) is 18.5. The SMILES string of the molecule is Nc1nc2ccc(CNC(=O)Cn3c(-c4ccc(Cl)cc4)cnc(NCCc4ccccc4)c3=O)cc2[nH]1. The largest absolute Gasteiger partial charge is 0.369 e. The standard InChI is InChI=1S/C28H26ClN7O2/c29-21-9-7-20(8-10-21)24-16-33-26(31-13-12-18-4-2-1-3-5-18)27(38)36(24)17-25(37)32-15-19-6-11-22-23(14-19)35-28(30)34-22/h1-11,14,16H,12-13,15,17H2,(H,31,33)(H,32,37)(H3,30,34,35). The van der Waals surface area contributed by atoms with Gasteiger partial charge < -0.3 is 21.4 Å². The number of aromatic amines is 1. The zero-order chi connectivity index (χ0) is 26.5. The average Bonchev–Trinajstić information content (AvgIpc) is 3.30. The van der Waals surface area contributed by atoms with Gasteiger partial charge in [0.2, 0.25) is 5.91 Å². The van der Waals surface area contributed by atoms with Gasteiger partial charge >= 0.3 is 0 Å². The highest BCUT2D eigenvalue weighted by atomic mass is 35.5. The van der Waals surface area contributed by atoms with Crippen molar-refractivity contribution in [2.75, 3.05) is 17.6 Å². The Labute approximate surface area is 223 Å². The van der Waals surface area contributed by atoms with E-state index in [-0.39, 0.29) is 30.4 Å². The van der Waals surface area contributed by atoms with Crippen molar-refractivity contribution in [1.29, 1.82) is 0 Å². The molecular formula is C28H26ClN7O2. The number of nitrogens with zero attached hydrogens (tertiary/aromatic N) is 3. The van der Waals surface area contributed by atoms with Crippen LogP contribution in [0.3, 0.4) is 0 Å². The molecule has 5 rings (SSSR count). The molecule has 0 aliphatic rings. The van der Waals surface area contributed by atoms with Gasteiger partial charge in [0.25, 0.3) is 5.56 Å². The minimum absolute atomic E-state index is 0.175. The maximum Gasteiger partial charge on any atom is 0.294 e. The second-order valence-electron chi connectivity index (χ2n) is 8.80. The first kappa shape index (κ1) is 25.0. The molecule has 0 aliphatic heterocycles. The van der Waals surface area contributed by atoms with Crippen LogP contribution in [-0.4, -0.2) is 32.0 Å². The molecule has 0 saturated heterocycles. The van der Waals surface area contributed by atoms with E-state index in [0.29, 0.717) is 23.2 Å². The topological polar surface area (TPSA) is 131 Å². The molecule has 0 aliphatic carbocycles. The minimum atomic E-state index is -0.380. The quantitative estimate of drug-likeness (QED) is 0.229. The van der Waals surface area contributed by atoms with E-state index >= 15 is 0 Å². The molecule has 5 N–H and O–H groups in total. The number of fused-ring (bicyclic) bond motifs is 1. The first-order valence-corrected chi connectivity index (χ1v) is 12.5. The molecule has 5 aromatic rings. The van der Waals surface area contributed by atoms with E-state index in [1.165, 1.54) is 4.57 Å². The van der Waals surface area contributed by atoms with Crippen molar-refractivity contribution in [3.8, 4) is 11.3 Å². The molecule has 0 fully saturated rings. The van der Waals surface area contributed by atoms with Crippen molar-refractivity contribution in [2.45, 2.75) is 19.5 Å². The lowest BCUT2D eigenvalue weighted by Crippen LogP contribution is -2.34. The van der Waals surface area contributed by atoms with Crippen molar-refractivity contribution in [1.82, 2.24) is 24.8 Å². The van der Waals surface area contributed by atoms with Crippen molar-refractivity contribution < 1.29 is 4.79 Å². The van der Waals surface area contributed by atoms with Crippen LogP contribution in [0.4, 0.5) is 11.8 Å². The van der Waals surface area contributed by atoms with Gasteiger partial charge in [-0.1, -0.05) is 60.1 Å². The molecule has 0 bridgehead atoms. The maximum absolute atomic E-state index is 13.4. The third kappa shape index (κ3) is 5.84. The number of anilines is 2. The summed E-state index contributed by atoms with van der Waals surface area (Å²) < 4.78 is 1.43. The average molecular weight is 528 g/mol. The summed E-state index contributed by atoms with van der Waals surface area (Å²) in [5.74, 6) is 0.211. The molecule has 0 atom stereocenters. The number of benzene rings is 3. The Morgan fingerprint density at radius 1 is 1.03 bits per heavy atom. The second kappa shape index (κ2) is 11.2. The van der Waals surface area contributed by atoms with Gasteiger partial charge in [-0.2, -0.15) is 0 Å². The Kier molecular flexibility index (Phi) is 7.37. The number of nitrogens with one attached hydrogen (secondary N) is 3. The molecule has 2 aromatic heterocycles. The summed E-state index contributed by atoms with van der Waals surface area (Å²) >= 11 is 6.05. The number of carbonyl (C=O) groups excluding carboxylic acids is 1. The third-order valence-corrected chi connectivity index (χ3v) is 6.35. The normalized spacial score (nSPS) is 11.0. The van der Waals surface area contributed by atoms with Crippen molar-refractivity contribution in [3.05, 3.63) is 105 Å². The summed E-state index contributed by atoms with van der Waals surface area (Å²) in [6.07, 6.45) is 2.33. The monoisotopic (exact) mass is 527 g/mol. The molecule has 3 aromatic carbocycles. The van der Waals surface area contributed by atoms with E-state index in [1.54, 1.807) is 30.5 Å². The number of aromatic nitrogens is 4. The van der Waals surface area contributed by atoms with E-state index in [0.717, 1.165) is 34.1 Å². The molecule has 0 spiro atoms. The predicted octanol–water partition coefficient (Wildman–Crippen LogP) is 3.99. The van der Waals surface area contributed by atoms with Crippen LogP contribution in [0.2, 0.25) is 5.02 Å². The van der Waals surface area contributed by atoms with Crippen molar-refractivity contribution in [2.24, 2.45) is 0 Å². The van der Waals surface area contributed by atoms with Gasteiger partial charge in [0.1, 0.15) is 6.54 Å². The summed E-state index contributed by atoms with van der Waals surface area (Å²) in [5, 5.41) is 6.59. The molecule has 9 nitrogen and oxygen atoms in total. The second-order valence-corrected chi connectivity index (χ2v) is 9.24. The van der Waals surface area contributed by atoms with Gasteiger partial charge in [-0.05, 0) is 47.4 Å². The number of nitrogens with two attached hydrogens (primary N) is 1. The van der Waals surface area contributed by atoms with Crippen LogP contribution in [-0.2, 0) is 24.3 Å². The summed E-state index contributed by atoms with van der Waals surface area (Å²) in [6.45, 7) is 0.636. The number of H-pyrrole nitrogens is 1. The van der Waals surface area contributed by atoms with E-state index in [9.17, 15) is 9.59 Å². The summed E-state index contributed by atoms with van der Waals surface area (Å²) in [7, 11) is 0. The molecular weight excluding hydrogens is 502 g/mol. The molecule has 38 heavy (non-hydrogen) atoms. The molecule has 192 valence electrons. The number of carbonyl (C=O) groups is 1. The van der Waals surface area contributed by atoms with E-state index in [1.807, 2.05) is 48.5 Å². The number of rotatable bonds is 9. The molecule has 0 saturated carbocycles. The van der Waals surface area contributed by atoms with Gasteiger partial charge in [0.15, 0.2) is 11.8 Å². The molecule has 10 heteroatoms. The Morgan fingerprint density at radius 2 is 1.82 bits per heavy atom. The zero-order valence-electron chi connectivity index (χ0n) is 20.4.